The van der Waals surface area contributed by atoms with Crippen LogP contribution in [0.25, 0.3) is 5.69 Å². The number of aromatic nitrogens is 4. The Morgan fingerprint density at radius 2 is 1.81 bits per heavy atom. The summed E-state index contributed by atoms with van der Waals surface area (Å²) in [6, 6.07) is 6.71. The summed E-state index contributed by atoms with van der Waals surface area (Å²) in [5.74, 6) is 0.172. The lowest BCUT2D eigenvalue weighted by Crippen LogP contribution is -2.50. The number of nitrogens with zero attached hydrogens (tertiary/aromatic N) is 5. The first-order valence-corrected chi connectivity index (χ1v) is 10.1. The van der Waals surface area contributed by atoms with E-state index in [0.29, 0.717) is 17.2 Å². The molecule has 2 aromatic rings. The van der Waals surface area contributed by atoms with E-state index in [4.69, 9.17) is 0 Å². The molecule has 0 N–H and O–H groups in total. The lowest BCUT2D eigenvalue weighted by molar-refractivity contribution is -0.136. The van der Waals surface area contributed by atoms with Crippen molar-refractivity contribution >= 4 is 17.7 Å². The quantitative estimate of drug-likeness (QED) is 0.767. The molecule has 3 atom stereocenters. The Kier molecular flexibility index (Phi) is 5.65. The molecule has 6 nitrogen and oxygen atoms in total. The van der Waals surface area contributed by atoms with Crippen molar-refractivity contribution in [1.82, 2.24) is 25.1 Å². The second kappa shape index (κ2) is 7.78. The number of rotatable bonds is 4. The highest BCUT2D eigenvalue weighted by Crippen LogP contribution is 2.30. The maximum absolute atomic E-state index is 13.1. The Bertz CT molecular complexity index is 760. The third-order valence-electron chi connectivity index (χ3n) is 5.17. The number of carbonyl (C=O) groups is 1. The molecule has 7 heteroatoms. The molecule has 1 aliphatic rings. The third kappa shape index (κ3) is 3.63. The van der Waals surface area contributed by atoms with Gasteiger partial charge in [0.2, 0.25) is 11.1 Å². The van der Waals surface area contributed by atoms with Gasteiger partial charge in [-0.2, -0.15) is 4.68 Å². The highest BCUT2D eigenvalue weighted by atomic mass is 32.2. The summed E-state index contributed by atoms with van der Waals surface area (Å²) in [6.07, 6.45) is 3.35. The van der Waals surface area contributed by atoms with Crippen LogP contribution >= 0.6 is 11.8 Å². The molecule has 140 valence electrons. The van der Waals surface area contributed by atoms with Crippen LogP contribution in [-0.2, 0) is 4.79 Å². The molecule has 1 aromatic heterocycles. The predicted octanol–water partition coefficient (Wildman–Crippen LogP) is 3.55. The fraction of sp³-hybridized carbons (Fsp3) is 0.579. The van der Waals surface area contributed by atoms with Gasteiger partial charge in [0, 0.05) is 12.1 Å². The minimum Gasteiger partial charge on any atom is -0.336 e. The van der Waals surface area contributed by atoms with Crippen molar-refractivity contribution in [3.05, 3.63) is 29.3 Å². The monoisotopic (exact) mass is 373 g/mol. The van der Waals surface area contributed by atoms with Gasteiger partial charge in [0.05, 0.1) is 10.9 Å². The van der Waals surface area contributed by atoms with Gasteiger partial charge >= 0.3 is 0 Å². The van der Waals surface area contributed by atoms with E-state index in [1.807, 2.05) is 43.9 Å². The normalized spacial score (nSPS) is 21.7. The first kappa shape index (κ1) is 18.9. The van der Waals surface area contributed by atoms with Crippen LogP contribution in [0, 0.1) is 13.8 Å². The number of hydrogen-bond acceptors (Lipinski definition) is 5. The lowest BCUT2D eigenvalue weighted by Gasteiger charge is -2.40. The second-order valence-electron chi connectivity index (χ2n) is 7.25. The van der Waals surface area contributed by atoms with Crippen LogP contribution in [0.4, 0.5) is 0 Å². The van der Waals surface area contributed by atoms with E-state index in [1.54, 1.807) is 4.68 Å². The fourth-order valence-electron chi connectivity index (χ4n) is 3.81. The number of hydrogen-bond donors (Lipinski definition) is 0. The summed E-state index contributed by atoms with van der Waals surface area (Å²) in [6.45, 7) is 10.3. The van der Waals surface area contributed by atoms with Gasteiger partial charge < -0.3 is 4.90 Å². The van der Waals surface area contributed by atoms with Crippen molar-refractivity contribution in [2.45, 2.75) is 76.4 Å². The maximum Gasteiger partial charge on any atom is 0.236 e. The molecule has 1 aliphatic heterocycles. The van der Waals surface area contributed by atoms with Crippen LogP contribution in [0.1, 0.15) is 51.2 Å². The first-order valence-electron chi connectivity index (χ1n) is 9.24. The van der Waals surface area contributed by atoms with Crippen molar-refractivity contribution in [2.75, 3.05) is 0 Å². The van der Waals surface area contributed by atoms with Crippen LogP contribution in [0.3, 0.4) is 0 Å². The van der Waals surface area contributed by atoms with Gasteiger partial charge in [-0.05, 0) is 75.4 Å². The number of thioether (sulfide) groups is 1. The Morgan fingerprint density at radius 3 is 2.42 bits per heavy atom. The third-order valence-corrected chi connectivity index (χ3v) is 6.19. The van der Waals surface area contributed by atoms with E-state index in [9.17, 15) is 4.79 Å². The summed E-state index contributed by atoms with van der Waals surface area (Å²) in [4.78, 5) is 15.1. The Balaban J connectivity index is 1.82. The van der Waals surface area contributed by atoms with Crippen LogP contribution in [0.15, 0.2) is 23.4 Å². The second-order valence-corrected chi connectivity index (χ2v) is 8.56. The number of amides is 1. The molecule has 0 radical (unpaired) electrons. The van der Waals surface area contributed by atoms with Crippen molar-refractivity contribution in [3.63, 3.8) is 0 Å². The maximum atomic E-state index is 13.1. The molecule has 2 heterocycles. The molecule has 1 amide bonds. The Morgan fingerprint density at radius 1 is 1.19 bits per heavy atom. The molecule has 0 saturated carbocycles. The van der Waals surface area contributed by atoms with Crippen LogP contribution in [-0.4, -0.2) is 48.3 Å². The molecule has 3 rings (SSSR count). The van der Waals surface area contributed by atoms with Gasteiger partial charge in [-0.3, -0.25) is 4.79 Å². The van der Waals surface area contributed by atoms with E-state index in [-0.39, 0.29) is 11.2 Å². The number of piperidine rings is 1. The smallest absolute Gasteiger partial charge is 0.236 e. The molecule has 26 heavy (non-hydrogen) atoms. The van der Waals surface area contributed by atoms with Crippen molar-refractivity contribution in [3.8, 4) is 5.69 Å². The summed E-state index contributed by atoms with van der Waals surface area (Å²) >= 11 is 1.43. The molecule has 0 aliphatic carbocycles. The average Bonchev–Trinajstić information content (AvgIpc) is 3.02. The topological polar surface area (TPSA) is 63.9 Å². The Hall–Kier alpha value is -1.89. The van der Waals surface area contributed by atoms with Gasteiger partial charge in [0.1, 0.15) is 0 Å². The fourth-order valence-corrected chi connectivity index (χ4v) is 4.66. The summed E-state index contributed by atoms with van der Waals surface area (Å²) in [7, 11) is 0. The number of benzene rings is 1. The summed E-state index contributed by atoms with van der Waals surface area (Å²) in [5, 5.41) is 12.6. The SMILES string of the molecule is Cc1cccc(C)c1-n1nnnc1S[C@@H](C)C(=O)N1[C@H](C)CCC[C@@H]1C. The number of carbonyl (C=O) groups excluding carboxylic acids is 1. The zero-order valence-corrected chi connectivity index (χ0v) is 17.0. The van der Waals surface area contributed by atoms with E-state index in [1.165, 1.54) is 18.2 Å². The molecule has 0 spiro atoms. The molecular formula is C19H27N5OS. The molecule has 0 bridgehead atoms. The molecule has 0 unspecified atom stereocenters. The summed E-state index contributed by atoms with van der Waals surface area (Å²) < 4.78 is 1.75. The van der Waals surface area contributed by atoms with Gasteiger partial charge in [0.25, 0.3) is 0 Å². The van der Waals surface area contributed by atoms with Gasteiger partial charge in [-0.1, -0.05) is 30.0 Å². The van der Waals surface area contributed by atoms with Crippen molar-refractivity contribution in [1.29, 1.82) is 0 Å². The number of para-hydroxylation sites is 1. The van der Waals surface area contributed by atoms with Crippen LogP contribution in [0.2, 0.25) is 0 Å². The molecular weight excluding hydrogens is 346 g/mol. The zero-order chi connectivity index (χ0) is 18.8. The number of tetrazole rings is 1. The number of aryl methyl sites for hydroxylation is 2. The van der Waals surface area contributed by atoms with Gasteiger partial charge in [-0.25, -0.2) is 0 Å². The van der Waals surface area contributed by atoms with E-state index < -0.39 is 0 Å². The first-order chi connectivity index (χ1) is 12.4. The van der Waals surface area contributed by atoms with Crippen molar-refractivity contribution < 1.29 is 4.79 Å². The van der Waals surface area contributed by atoms with E-state index >= 15 is 0 Å². The lowest BCUT2D eigenvalue weighted by atomic mass is 9.97. The minimum atomic E-state index is -0.230. The average molecular weight is 374 g/mol. The molecule has 1 fully saturated rings. The van der Waals surface area contributed by atoms with Crippen LogP contribution in [0.5, 0.6) is 0 Å². The number of likely N-dealkylation sites (tertiary alicyclic amines) is 1. The molecule has 1 saturated heterocycles. The minimum absolute atomic E-state index is 0.172. The molecule has 1 aromatic carbocycles. The van der Waals surface area contributed by atoms with Gasteiger partial charge in [0.15, 0.2) is 0 Å². The van der Waals surface area contributed by atoms with E-state index in [2.05, 4.69) is 29.4 Å². The zero-order valence-electron chi connectivity index (χ0n) is 16.1. The predicted molar refractivity (Wildman–Crippen MR) is 104 cm³/mol. The Labute approximate surface area is 159 Å². The standard InChI is InChI=1S/C19H27N5OS/c1-12-8-6-9-13(2)17(12)24-19(20-21-22-24)26-16(5)18(25)23-14(3)10-7-11-15(23)4/h6,8-9,14-16H,7,10-11H2,1-5H3/t14-,15+,16-/m0/s1. The highest BCUT2D eigenvalue weighted by molar-refractivity contribution is 8.00. The van der Waals surface area contributed by atoms with Crippen molar-refractivity contribution in [2.24, 2.45) is 0 Å². The van der Waals surface area contributed by atoms with Crippen LogP contribution < -0.4 is 0 Å². The van der Waals surface area contributed by atoms with E-state index in [0.717, 1.165) is 29.7 Å². The highest BCUT2D eigenvalue weighted by Gasteiger charge is 2.32. The van der Waals surface area contributed by atoms with Gasteiger partial charge in [-0.15, -0.1) is 5.10 Å². The largest absolute Gasteiger partial charge is 0.336 e. The summed E-state index contributed by atoms with van der Waals surface area (Å²) in [5.41, 5.74) is 3.20.